The second kappa shape index (κ2) is 5.17. The van der Waals surface area contributed by atoms with Gasteiger partial charge in [-0.2, -0.15) is 0 Å². The molecule has 0 spiro atoms. The van der Waals surface area contributed by atoms with Crippen LogP contribution in [0.3, 0.4) is 0 Å². The summed E-state index contributed by atoms with van der Waals surface area (Å²) in [5, 5.41) is 18.5. The first kappa shape index (κ1) is 12.8. The predicted molar refractivity (Wildman–Crippen MR) is 67.5 cm³/mol. The summed E-state index contributed by atoms with van der Waals surface area (Å²) in [4.78, 5) is 0. The molecule has 0 saturated carbocycles. The van der Waals surface area contributed by atoms with Gasteiger partial charge in [0.25, 0.3) is 0 Å². The minimum absolute atomic E-state index is 0.0646. The summed E-state index contributed by atoms with van der Waals surface area (Å²) in [6.07, 6.45) is 4.55. The molecule has 0 heterocycles. The molecule has 2 N–H and O–H groups in total. The number of hydrogen-bond acceptors (Lipinski definition) is 2. The number of benzene rings is 1. The van der Waals surface area contributed by atoms with E-state index in [1.54, 1.807) is 6.07 Å². The van der Waals surface area contributed by atoms with Crippen LogP contribution in [0.4, 0.5) is 0 Å². The Morgan fingerprint density at radius 3 is 2.50 bits per heavy atom. The van der Waals surface area contributed by atoms with Crippen molar-refractivity contribution in [3.05, 3.63) is 35.4 Å². The van der Waals surface area contributed by atoms with Crippen LogP contribution in [0.2, 0.25) is 0 Å². The van der Waals surface area contributed by atoms with E-state index in [1.165, 1.54) is 0 Å². The minimum atomic E-state index is -0.0646. The van der Waals surface area contributed by atoms with E-state index in [4.69, 9.17) is 5.11 Å². The van der Waals surface area contributed by atoms with E-state index < -0.39 is 0 Å². The van der Waals surface area contributed by atoms with Gasteiger partial charge in [0.05, 0.1) is 0 Å². The normalized spacial score (nSPS) is 12.2. The van der Waals surface area contributed by atoms with Crippen molar-refractivity contribution in [2.75, 3.05) is 6.61 Å². The fourth-order valence-electron chi connectivity index (χ4n) is 1.55. The van der Waals surface area contributed by atoms with Crippen molar-refractivity contribution in [2.45, 2.75) is 32.6 Å². The number of aliphatic hydroxyl groups is 1. The van der Waals surface area contributed by atoms with Crippen molar-refractivity contribution >= 4 is 6.08 Å². The fourth-order valence-corrected chi connectivity index (χ4v) is 1.55. The highest BCUT2D eigenvalue weighted by molar-refractivity contribution is 5.54. The van der Waals surface area contributed by atoms with Crippen LogP contribution in [0.15, 0.2) is 24.3 Å². The molecule has 0 radical (unpaired) electrons. The van der Waals surface area contributed by atoms with Gasteiger partial charge in [-0.1, -0.05) is 39.0 Å². The van der Waals surface area contributed by atoms with Crippen LogP contribution in [0.1, 0.15) is 38.3 Å². The van der Waals surface area contributed by atoms with Crippen molar-refractivity contribution in [2.24, 2.45) is 0 Å². The Balaban J connectivity index is 2.99. The molecule has 0 unspecified atom stereocenters. The van der Waals surface area contributed by atoms with Crippen LogP contribution in [0, 0.1) is 0 Å². The largest absolute Gasteiger partial charge is 0.508 e. The molecular formula is C14H20O2. The highest BCUT2D eigenvalue weighted by atomic mass is 16.3. The van der Waals surface area contributed by atoms with Gasteiger partial charge in [0.1, 0.15) is 5.75 Å². The predicted octanol–water partition coefficient (Wildman–Crippen LogP) is 3.09. The lowest BCUT2D eigenvalue weighted by molar-refractivity contribution is 0.303. The molecule has 0 saturated heterocycles. The first-order valence-electron chi connectivity index (χ1n) is 5.56. The van der Waals surface area contributed by atoms with E-state index in [2.05, 4.69) is 20.8 Å². The van der Waals surface area contributed by atoms with Crippen molar-refractivity contribution in [3.63, 3.8) is 0 Å². The molecule has 0 amide bonds. The molecule has 88 valence electrons. The third kappa shape index (κ3) is 3.38. The lowest BCUT2D eigenvalue weighted by Crippen LogP contribution is -2.11. The van der Waals surface area contributed by atoms with Gasteiger partial charge in [0.2, 0.25) is 0 Å². The molecule has 1 rings (SSSR count). The van der Waals surface area contributed by atoms with E-state index in [0.29, 0.717) is 12.2 Å². The van der Waals surface area contributed by atoms with E-state index in [0.717, 1.165) is 11.1 Å². The summed E-state index contributed by atoms with van der Waals surface area (Å²) in [6.45, 7) is 6.39. The van der Waals surface area contributed by atoms with Gasteiger partial charge < -0.3 is 10.2 Å². The number of phenols is 1. The van der Waals surface area contributed by atoms with Crippen LogP contribution in [0.5, 0.6) is 5.75 Å². The quantitative estimate of drug-likeness (QED) is 0.821. The Morgan fingerprint density at radius 2 is 1.94 bits per heavy atom. The van der Waals surface area contributed by atoms with E-state index in [9.17, 15) is 5.11 Å². The average molecular weight is 220 g/mol. The van der Waals surface area contributed by atoms with Crippen molar-refractivity contribution in [1.29, 1.82) is 0 Å². The van der Waals surface area contributed by atoms with Gasteiger partial charge in [0, 0.05) is 6.61 Å². The molecule has 0 aromatic heterocycles. The molecule has 0 aliphatic carbocycles. The molecule has 1 aromatic rings. The van der Waals surface area contributed by atoms with E-state index in [-0.39, 0.29) is 12.0 Å². The summed E-state index contributed by atoms with van der Waals surface area (Å²) in [5.41, 5.74) is 1.93. The zero-order valence-electron chi connectivity index (χ0n) is 10.2. The first-order chi connectivity index (χ1) is 7.45. The second-order valence-electron chi connectivity index (χ2n) is 4.94. The maximum absolute atomic E-state index is 9.78. The third-order valence-electron chi connectivity index (χ3n) is 2.43. The molecule has 1 aromatic carbocycles. The highest BCUT2D eigenvalue weighted by Crippen LogP contribution is 2.31. The molecule has 0 aliphatic heterocycles. The maximum Gasteiger partial charge on any atom is 0.119 e. The van der Waals surface area contributed by atoms with Crippen LogP contribution >= 0.6 is 0 Å². The number of rotatable bonds is 3. The molecule has 0 aliphatic rings. The number of aliphatic hydroxyl groups excluding tert-OH is 1. The topological polar surface area (TPSA) is 40.5 Å². The second-order valence-corrected chi connectivity index (χ2v) is 4.94. The van der Waals surface area contributed by atoms with Crippen LogP contribution in [-0.4, -0.2) is 16.8 Å². The first-order valence-corrected chi connectivity index (χ1v) is 5.56. The third-order valence-corrected chi connectivity index (χ3v) is 2.43. The molecular weight excluding hydrogens is 200 g/mol. The molecule has 16 heavy (non-hydrogen) atoms. The number of aromatic hydroxyl groups is 1. The minimum Gasteiger partial charge on any atom is -0.508 e. The zero-order chi connectivity index (χ0) is 12.2. The summed E-state index contributed by atoms with van der Waals surface area (Å²) in [5.74, 6) is 0.340. The van der Waals surface area contributed by atoms with E-state index in [1.807, 2.05) is 24.3 Å². The fraction of sp³-hybridized carbons (Fsp3) is 0.429. The van der Waals surface area contributed by atoms with Crippen LogP contribution < -0.4 is 0 Å². The molecule has 0 fully saturated rings. The van der Waals surface area contributed by atoms with Crippen molar-refractivity contribution in [1.82, 2.24) is 0 Å². The van der Waals surface area contributed by atoms with Gasteiger partial charge in [-0.3, -0.25) is 0 Å². The van der Waals surface area contributed by atoms with Crippen molar-refractivity contribution < 1.29 is 10.2 Å². The SMILES string of the molecule is CC(C)(C)c1cc(C=CCCO)ccc1O. The average Bonchev–Trinajstić information content (AvgIpc) is 2.19. The summed E-state index contributed by atoms with van der Waals surface area (Å²) >= 11 is 0. The lowest BCUT2D eigenvalue weighted by Gasteiger charge is -2.20. The summed E-state index contributed by atoms with van der Waals surface area (Å²) < 4.78 is 0. The summed E-state index contributed by atoms with van der Waals surface area (Å²) in [7, 11) is 0. The Labute approximate surface area is 97.2 Å². The van der Waals surface area contributed by atoms with Gasteiger partial charge in [0.15, 0.2) is 0 Å². The van der Waals surface area contributed by atoms with Gasteiger partial charge >= 0.3 is 0 Å². The van der Waals surface area contributed by atoms with Crippen molar-refractivity contribution in [3.8, 4) is 5.75 Å². The Kier molecular flexibility index (Phi) is 4.13. The molecule has 0 atom stereocenters. The molecule has 2 heteroatoms. The standard InChI is InChI=1S/C14H20O2/c1-14(2,3)12-10-11(6-4-5-9-15)7-8-13(12)16/h4,6-8,10,15-16H,5,9H2,1-3H3. The Hall–Kier alpha value is -1.28. The smallest absolute Gasteiger partial charge is 0.119 e. The monoisotopic (exact) mass is 220 g/mol. The number of hydrogen-bond donors (Lipinski definition) is 2. The number of phenolic OH excluding ortho intramolecular Hbond substituents is 1. The molecule has 2 nitrogen and oxygen atoms in total. The highest BCUT2D eigenvalue weighted by Gasteiger charge is 2.17. The Morgan fingerprint density at radius 1 is 1.25 bits per heavy atom. The zero-order valence-corrected chi connectivity index (χ0v) is 10.2. The molecule has 0 bridgehead atoms. The van der Waals surface area contributed by atoms with Gasteiger partial charge in [-0.15, -0.1) is 0 Å². The maximum atomic E-state index is 9.78. The van der Waals surface area contributed by atoms with Crippen LogP contribution in [0.25, 0.3) is 6.08 Å². The van der Waals surface area contributed by atoms with Gasteiger partial charge in [-0.05, 0) is 35.1 Å². The van der Waals surface area contributed by atoms with Crippen LogP contribution in [-0.2, 0) is 5.41 Å². The Bertz CT molecular complexity index is 373. The van der Waals surface area contributed by atoms with Gasteiger partial charge in [-0.25, -0.2) is 0 Å². The van der Waals surface area contributed by atoms with E-state index >= 15 is 0 Å². The lowest BCUT2D eigenvalue weighted by atomic mass is 9.85. The summed E-state index contributed by atoms with van der Waals surface area (Å²) in [6, 6.07) is 5.58.